The van der Waals surface area contributed by atoms with E-state index in [-0.39, 0.29) is 18.8 Å². The molecule has 1 amide bonds. The number of rotatable bonds is 6. The van der Waals surface area contributed by atoms with E-state index in [2.05, 4.69) is 5.32 Å². The van der Waals surface area contributed by atoms with E-state index in [9.17, 15) is 14.0 Å². The molecule has 1 atom stereocenters. The second-order valence-electron chi connectivity index (χ2n) is 4.44. The van der Waals surface area contributed by atoms with Crippen LogP contribution in [0.2, 0.25) is 0 Å². The monoisotopic (exact) mass is 311 g/mol. The lowest BCUT2D eigenvalue weighted by Gasteiger charge is -2.13. The average molecular weight is 311 g/mol. The highest BCUT2D eigenvalue weighted by Gasteiger charge is 2.21. The van der Waals surface area contributed by atoms with E-state index in [1.54, 1.807) is 12.1 Å². The standard InChI is InChI=1S/C14H14FNO4S/c1-20-5-4-10(14(18)19)16-13(17)12-6-8-2-3-9(15)7-11(8)21-12/h2-3,6-7,10H,4-5H2,1H3,(H,16,17)(H,18,19). The predicted octanol–water partition coefficient (Wildman–Crippen LogP) is 2.26. The summed E-state index contributed by atoms with van der Waals surface area (Å²) in [4.78, 5) is 23.5. The molecule has 0 aliphatic carbocycles. The second kappa shape index (κ2) is 6.64. The van der Waals surface area contributed by atoms with E-state index in [1.807, 2.05) is 0 Å². The number of fused-ring (bicyclic) bond motifs is 1. The van der Waals surface area contributed by atoms with Crippen LogP contribution in [0, 0.1) is 5.82 Å². The fourth-order valence-electron chi connectivity index (χ4n) is 1.84. The molecule has 7 heteroatoms. The maximum Gasteiger partial charge on any atom is 0.326 e. The third kappa shape index (κ3) is 3.77. The number of carboxylic acids is 1. The van der Waals surface area contributed by atoms with Gasteiger partial charge in [0.25, 0.3) is 5.91 Å². The number of ether oxygens (including phenoxy) is 1. The molecule has 0 fully saturated rings. The zero-order valence-corrected chi connectivity index (χ0v) is 12.1. The molecular formula is C14H14FNO4S. The number of methoxy groups -OCH3 is 1. The van der Waals surface area contributed by atoms with E-state index in [4.69, 9.17) is 9.84 Å². The van der Waals surface area contributed by atoms with Crippen LogP contribution in [-0.2, 0) is 9.53 Å². The number of carboxylic acid groups (broad SMARTS) is 1. The number of carbonyl (C=O) groups is 2. The van der Waals surface area contributed by atoms with Gasteiger partial charge >= 0.3 is 5.97 Å². The van der Waals surface area contributed by atoms with Gasteiger partial charge in [-0.15, -0.1) is 11.3 Å². The number of benzene rings is 1. The summed E-state index contributed by atoms with van der Waals surface area (Å²) in [6.07, 6.45) is 0.178. The quantitative estimate of drug-likeness (QED) is 0.858. The molecule has 112 valence electrons. The van der Waals surface area contributed by atoms with Crippen LogP contribution >= 0.6 is 11.3 Å². The molecule has 0 aliphatic rings. The highest BCUT2D eigenvalue weighted by atomic mass is 32.1. The van der Waals surface area contributed by atoms with E-state index >= 15 is 0 Å². The van der Waals surface area contributed by atoms with Gasteiger partial charge in [0, 0.05) is 24.8 Å². The highest BCUT2D eigenvalue weighted by molar-refractivity contribution is 7.20. The van der Waals surface area contributed by atoms with Crippen molar-refractivity contribution < 1.29 is 23.8 Å². The van der Waals surface area contributed by atoms with Crippen LogP contribution in [0.15, 0.2) is 24.3 Å². The van der Waals surface area contributed by atoms with Gasteiger partial charge in [-0.25, -0.2) is 9.18 Å². The first-order chi connectivity index (χ1) is 10.0. The summed E-state index contributed by atoms with van der Waals surface area (Å²) in [5, 5.41) is 12.2. The predicted molar refractivity (Wildman–Crippen MR) is 77.2 cm³/mol. The van der Waals surface area contributed by atoms with Gasteiger partial charge in [0.2, 0.25) is 0 Å². The van der Waals surface area contributed by atoms with Crippen molar-refractivity contribution in [2.45, 2.75) is 12.5 Å². The molecule has 1 aromatic heterocycles. The molecule has 2 N–H and O–H groups in total. The Hall–Kier alpha value is -1.99. The van der Waals surface area contributed by atoms with Crippen LogP contribution in [0.3, 0.4) is 0 Å². The Morgan fingerprint density at radius 3 is 2.86 bits per heavy atom. The number of hydrogen-bond donors (Lipinski definition) is 2. The largest absolute Gasteiger partial charge is 0.480 e. The van der Waals surface area contributed by atoms with E-state index in [0.29, 0.717) is 9.58 Å². The van der Waals surface area contributed by atoms with Crippen molar-refractivity contribution in [1.82, 2.24) is 5.32 Å². The number of thiophene rings is 1. The van der Waals surface area contributed by atoms with Gasteiger partial charge in [-0.1, -0.05) is 6.07 Å². The molecule has 0 radical (unpaired) electrons. The molecular weight excluding hydrogens is 297 g/mol. The van der Waals surface area contributed by atoms with Crippen molar-refractivity contribution >= 4 is 33.3 Å². The van der Waals surface area contributed by atoms with E-state index < -0.39 is 17.9 Å². The van der Waals surface area contributed by atoms with Crippen molar-refractivity contribution in [1.29, 1.82) is 0 Å². The Morgan fingerprint density at radius 2 is 2.19 bits per heavy atom. The van der Waals surface area contributed by atoms with Gasteiger partial charge in [-0.2, -0.15) is 0 Å². The summed E-state index contributed by atoms with van der Waals surface area (Å²) < 4.78 is 18.6. The van der Waals surface area contributed by atoms with Crippen LogP contribution in [0.4, 0.5) is 4.39 Å². The molecule has 0 bridgehead atoms. The first-order valence-corrected chi connectivity index (χ1v) is 7.04. The van der Waals surface area contributed by atoms with Crippen molar-refractivity contribution in [2.75, 3.05) is 13.7 Å². The molecule has 2 rings (SSSR count). The molecule has 0 saturated carbocycles. The normalized spacial score (nSPS) is 12.3. The minimum absolute atomic E-state index is 0.178. The fourth-order valence-corrected chi connectivity index (χ4v) is 2.83. The number of carbonyl (C=O) groups excluding carboxylic acids is 1. The lowest BCUT2D eigenvalue weighted by atomic mass is 10.2. The zero-order chi connectivity index (χ0) is 15.4. The molecule has 21 heavy (non-hydrogen) atoms. The average Bonchev–Trinajstić information content (AvgIpc) is 2.85. The maximum atomic E-state index is 13.1. The molecule has 1 unspecified atom stereocenters. The summed E-state index contributed by atoms with van der Waals surface area (Å²) in [6.45, 7) is 0.231. The Morgan fingerprint density at radius 1 is 1.43 bits per heavy atom. The summed E-state index contributed by atoms with van der Waals surface area (Å²) in [5.41, 5.74) is 0. The SMILES string of the molecule is COCCC(NC(=O)c1cc2ccc(F)cc2s1)C(=O)O. The van der Waals surface area contributed by atoms with Gasteiger partial charge < -0.3 is 15.2 Å². The molecule has 1 heterocycles. The van der Waals surface area contributed by atoms with Crippen LogP contribution < -0.4 is 5.32 Å². The van der Waals surface area contributed by atoms with Gasteiger partial charge in [0.1, 0.15) is 11.9 Å². The number of nitrogens with one attached hydrogen (secondary N) is 1. The first-order valence-electron chi connectivity index (χ1n) is 6.23. The topological polar surface area (TPSA) is 75.6 Å². The lowest BCUT2D eigenvalue weighted by Crippen LogP contribution is -2.41. The molecule has 1 aromatic carbocycles. The smallest absolute Gasteiger partial charge is 0.326 e. The summed E-state index contributed by atoms with van der Waals surface area (Å²) in [7, 11) is 1.46. The minimum atomic E-state index is -1.12. The van der Waals surface area contributed by atoms with Gasteiger partial charge in [-0.3, -0.25) is 4.79 Å². The van der Waals surface area contributed by atoms with Crippen molar-refractivity contribution in [3.8, 4) is 0 Å². The lowest BCUT2D eigenvalue weighted by molar-refractivity contribution is -0.139. The Bertz CT molecular complexity index is 670. The number of halogens is 1. The molecule has 0 saturated heterocycles. The van der Waals surface area contributed by atoms with Crippen LogP contribution in [0.5, 0.6) is 0 Å². The molecule has 0 spiro atoms. The summed E-state index contributed by atoms with van der Waals surface area (Å²) in [6, 6.07) is 4.84. The minimum Gasteiger partial charge on any atom is -0.480 e. The zero-order valence-electron chi connectivity index (χ0n) is 11.3. The number of hydrogen-bond acceptors (Lipinski definition) is 4. The van der Waals surface area contributed by atoms with Crippen LogP contribution in [-0.4, -0.2) is 36.7 Å². The highest BCUT2D eigenvalue weighted by Crippen LogP contribution is 2.26. The van der Waals surface area contributed by atoms with Crippen LogP contribution in [0.1, 0.15) is 16.1 Å². The third-order valence-electron chi connectivity index (χ3n) is 2.92. The van der Waals surface area contributed by atoms with Gasteiger partial charge in [0.05, 0.1) is 4.88 Å². The number of amides is 1. The Kier molecular flexibility index (Phi) is 4.87. The van der Waals surface area contributed by atoms with Gasteiger partial charge in [0.15, 0.2) is 0 Å². The summed E-state index contributed by atoms with van der Waals surface area (Å²) in [5.74, 6) is -1.98. The molecule has 0 aliphatic heterocycles. The van der Waals surface area contributed by atoms with Gasteiger partial charge in [-0.05, 0) is 23.6 Å². The van der Waals surface area contributed by atoms with Crippen molar-refractivity contribution in [2.24, 2.45) is 0 Å². The van der Waals surface area contributed by atoms with E-state index in [1.165, 1.54) is 19.2 Å². The van der Waals surface area contributed by atoms with E-state index in [0.717, 1.165) is 16.7 Å². The molecule has 2 aromatic rings. The van der Waals surface area contributed by atoms with Crippen molar-refractivity contribution in [3.63, 3.8) is 0 Å². The Labute approximate surface area is 124 Å². The number of aliphatic carboxylic acids is 1. The first kappa shape index (κ1) is 15.4. The second-order valence-corrected chi connectivity index (χ2v) is 5.52. The summed E-state index contributed by atoms with van der Waals surface area (Å²) >= 11 is 1.12. The van der Waals surface area contributed by atoms with Crippen molar-refractivity contribution in [3.05, 3.63) is 35.0 Å². The third-order valence-corrected chi connectivity index (χ3v) is 4.02. The molecule has 5 nitrogen and oxygen atoms in total. The van der Waals surface area contributed by atoms with Crippen LogP contribution in [0.25, 0.3) is 10.1 Å². The maximum absolute atomic E-state index is 13.1. The Balaban J connectivity index is 2.15. The fraction of sp³-hybridized carbons (Fsp3) is 0.286.